The van der Waals surface area contributed by atoms with Gasteiger partial charge >= 0.3 is 0 Å². The number of rotatable bonds is 7. The molecule has 1 aliphatic carbocycles. The maximum atomic E-state index is 12.4. The van der Waals surface area contributed by atoms with Gasteiger partial charge in [-0.1, -0.05) is 31.4 Å². The number of benzene rings is 1. The molecule has 142 valence electrons. The van der Waals surface area contributed by atoms with Gasteiger partial charge in [-0.3, -0.25) is 9.59 Å². The average molecular weight is 397 g/mol. The van der Waals surface area contributed by atoms with Crippen LogP contribution in [-0.4, -0.2) is 48.6 Å². The third kappa shape index (κ3) is 4.23. The minimum absolute atomic E-state index is 0.0208. The first-order chi connectivity index (χ1) is 12.5. The summed E-state index contributed by atoms with van der Waals surface area (Å²) in [6, 6.07) is 6.14. The zero-order valence-electron chi connectivity index (χ0n) is 14.6. The van der Waals surface area contributed by atoms with Crippen molar-refractivity contribution in [3.8, 4) is 0 Å². The second-order valence-corrected chi connectivity index (χ2v) is 9.85. The second kappa shape index (κ2) is 8.43. The van der Waals surface area contributed by atoms with Crippen molar-refractivity contribution in [2.24, 2.45) is 0 Å². The summed E-state index contributed by atoms with van der Waals surface area (Å²) in [6.45, 7) is 0.443. The Bertz CT molecular complexity index is 773. The van der Waals surface area contributed by atoms with E-state index < -0.39 is 15.9 Å². The summed E-state index contributed by atoms with van der Waals surface area (Å²) < 4.78 is 25.6. The fourth-order valence-electron chi connectivity index (χ4n) is 3.39. The van der Waals surface area contributed by atoms with Gasteiger partial charge in [0.15, 0.2) is 0 Å². The number of nitrogens with zero attached hydrogens (tertiary/aromatic N) is 1. The Hall–Kier alpha value is -1.54. The van der Waals surface area contributed by atoms with Gasteiger partial charge in [0.25, 0.3) is 15.9 Å². The largest absolute Gasteiger partial charge is 0.355 e. The minimum atomic E-state index is -3.83. The van der Waals surface area contributed by atoms with E-state index in [2.05, 4.69) is 5.32 Å². The third-order valence-electron chi connectivity index (χ3n) is 4.78. The van der Waals surface area contributed by atoms with Gasteiger partial charge < -0.3 is 5.32 Å². The van der Waals surface area contributed by atoms with E-state index in [9.17, 15) is 18.0 Å². The van der Waals surface area contributed by atoms with Gasteiger partial charge in [-0.05, 0) is 25.0 Å². The number of carbonyl (C=O) groups excluding carboxylic acids is 2. The Kier molecular flexibility index (Phi) is 6.24. The quantitative estimate of drug-likeness (QED) is 0.716. The summed E-state index contributed by atoms with van der Waals surface area (Å²) in [5, 5.41) is 3.52. The Morgan fingerprint density at radius 3 is 2.65 bits per heavy atom. The molecule has 1 aliphatic heterocycles. The average Bonchev–Trinajstić information content (AvgIpc) is 2.84. The lowest BCUT2D eigenvalue weighted by atomic mass is 10.0. The zero-order chi connectivity index (χ0) is 18.6. The van der Waals surface area contributed by atoms with E-state index >= 15 is 0 Å². The van der Waals surface area contributed by atoms with E-state index in [1.54, 1.807) is 12.1 Å². The lowest BCUT2D eigenvalue weighted by molar-refractivity contribution is -0.120. The van der Waals surface area contributed by atoms with Gasteiger partial charge in [0.05, 0.1) is 5.56 Å². The molecule has 0 atom stereocenters. The van der Waals surface area contributed by atoms with Crippen LogP contribution in [0.15, 0.2) is 29.2 Å². The van der Waals surface area contributed by atoms with Gasteiger partial charge in [-0.25, -0.2) is 12.7 Å². The van der Waals surface area contributed by atoms with Gasteiger partial charge in [-0.15, -0.1) is 0 Å². The summed E-state index contributed by atoms with van der Waals surface area (Å²) in [7, 11) is -3.83. The van der Waals surface area contributed by atoms with Crippen molar-refractivity contribution in [3.05, 3.63) is 29.8 Å². The molecule has 1 aromatic rings. The molecule has 0 aromatic heterocycles. The standard InChI is InChI=1S/C18H24N2O4S2/c21-17(19-11-13-25-14-6-2-1-3-7-14)10-12-20-18(22)15-8-4-5-9-16(15)26(20,23)24/h4-5,8-9,14H,1-3,6-7,10-13H2,(H,19,21). The van der Waals surface area contributed by atoms with Crippen molar-refractivity contribution in [3.63, 3.8) is 0 Å². The number of sulfonamides is 1. The predicted molar refractivity (Wildman–Crippen MR) is 102 cm³/mol. The first kappa shape index (κ1) is 19.2. The normalized spacial score (nSPS) is 19.4. The predicted octanol–water partition coefficient (Wildman–Crippen LogP) is 2.40. The number of nitrogens with one attached hydrogen (secondary N) is 1. The van der Waals surface area contributed by atoms with Crippen LogP contribution < -0.4 is 5.32 Å². The maximum Gasteiger partial charge on any atom is 0.269 e. The summed E-state index contributed by atoms with van der Waals surface area (Å²) in [6.07, 6.45) is 6.42. The zero-order valence-corrected chi connectivity index (χ0v) is 16.3. The molecule has 1 aromatic carbocycles. The summed E-state index contributed by atoms with van der Waals surface area (Å²) in [5.74, 6) is 0.0810. The molecule has 1 heterocycles. The maximum absolute atomic E-state index is 12.4. The van der Waals surface area contributed by atoms with Gasteiger partial charge in [0.1, 0.15) is 4.90 Å². The van der Waals surface area contributed by atoms with E-state index in [4.69, 9.17) is 0 Å². The molecule has 0 unspecified atom stereocenters. The van der Waals surface area contributed by atoms with Crippen molar-refractivity contribution < 1.29 is 18.0 Å². The van der Waals surface area contributed by atoms with E-state index in [1.807, 2.05) is 11.8 Å². The van der Waals surface area contributed by atoms with Crippen LogP contribution in [0.5, 0.6) is 0 Å². The molecule has 3 rings (SSSR count). The van der Waals surface area contributed by atoms with Crippen molar-refractivity contribution in [2.45, 2.75) is 48.7 Å². The highest BCUT2D eigenvalue weighted by Gasteiger charge is 2.40. The number of carbonyl (C=O) groups is 2. The lowest BCUT2D eigenvalue weighted by Gasteiger charge is -2.21. The molecule has 1 saturated carbocycles. The summed E-state index contributed by atoms with van der Waals surface area (Å²) in [5.41, 5.74) is 0.178. The smallest absolute Gasteiger partial charge is 0.269 e. The summed E-state index contributed by atoms with van der Waals surface area (Å²) in [4.78, 5) is 24.3. The van der Waals surface area contributed by atoms with Crippen LogP contribution in [-0.2, 0) is 14.8 Å². The number of hydrogen-bond donors (Lipinski definition) is 1. The molecule has 0 saturated heterocycles. The van der Waals surface area contributed by atoms with Crippen LogP contribution in [0, 0.1) is 0 Å². The molecular formula is C18H24N2O4S2. The first-order valence-corrected chi connectivity index (χ1v) is 11.5. The molecule has 0 bridgehead atoms. The topological polar surface area (TPSA) is 83.6 Å². The monoisotopic (exact) mass is 396 g/mol. The fourth-order valence-corrected chi connectivity index (χ4v) is 6.18. The SMILES string of the molecule is O=C(CCN1C(=O)c2ccccc2S1(=O)=O)NCCSC1CCCCC1. The Labute approximate surface area is 158 Å². The highest BCUT2D eigenvalue weighted by Crippen LogP contribution is 2.30. The molecule has 8 heteroatoms. The van der Waals surface area contributed by atoms with Crippen molar-refractivity contribution in [1.82, 2.24) is 9.62 Å². The molecule has 2 aliphatic rings. The van der Waals surface area contributed by atoms with Gasteiger partial charge in [0, 0.05) is 30.5 Å². The fraction of sp³-hybridized carbons (Fsp3) is 0.556. The van der Waals surface area contributed by atoms with Crippen LogP contribution in [0.3, 0.4) is 0 Å². The number of fused-ring (bicyclic) bond motifs is 1. The van der Waals surface area contributed by atoms with Crippen molar-refractivity contribution in [1.29, 1.82) is 0 Å². The lowest BCUT2D eigenvalue weighted by Crippen LogP contribution is -2.35. The van der Waals surface area contributed by atoms with Crippen molar-refractivity contribution >= 4 is 33.6 Å². The molecular weight excluding hydrogens is 372 g/mol. The highest BCUT2D eigenvalue weighted by atomic mass is 32.2. The summed E-state index contributed by atoms with van der Waals surface area (Å²) >= 11 is 1.90. The number of amides is 2. The molecule has 6 nitrogen and oxygen atoms in total. The van der Waals surface area contributed by atoms with Crippen LogP contribution >= 0.6 is 11.8 Å². The highest BCUT2D eigenvalue weighted by molar-refractivity contribution is 7.99. The number of thioether (sulfide) groups is 1. The van der Waals surface area contributed by atoms with Crippen molar-refractivity contribution in [2.75, 3.05) is 18.8 Å². The van der Waals surface area contributed by atoms with Crippen LogP contribution in [0.1, 0.15) is 48.9 Å². The van der Waals surface area contributed by atoms with Crippen LogP contribution in [0.25, 0.3) is 0 Å². The molecule has 0 radical (unpaired) electrons. The molecule has 2 amide bonds. The van der Waals surface area contributed by atoms with E-state index in [0.717, 1.165) is 10.1 Å². The minimum Gasteiger partial charge on any atom is -0.355 e. The van der Waals surface area contributed by atoms with Crippen LogP contribution in [0.4, 0.5) is 0 Å². The third-order valence-corrected chi connectivity index (χ3v) is 8.01. The molecule has 0 spiro atoms. The molecule has 1 fully saturated rings. The van der Waals surface area contributed by atoms with E-state index in [1.165, 1.54) is 44.2 Å². The Balaban J connectivity index is 1.43. The first-order valence-electron chi connectivity index (χ1n) is 9.04. The van der Waals surface area contributed by atoms with Gasteiger partial charge in [0.2, 0.25) is 5.91 Å². The number of hydrogen-bond acceptors (Lipinski definition) is 5. The van der Waals surface area contributed by atoms with E-state index in [0.29, 0.717) is 11.8 Å². The van der Waals surface area contributed by atoms with Crippen LogP contribution in [0.2, 0.25) is 0 Å². The Morgan fingerprint density at radius 2 is 1.92 bits per heavy atom. The van der Waals surface area contributed by atoms with E-state index in [-0.39, 0.29) is 29.3 Å². The Morgan fingerprint density at radius 1 is 1.19 bits per heavy atom. The second-order valence-electron chi connectivity index (χ2n) is 6.61. The molecule has 26 heavy (non-hydrogen) atoms. The molecule has 1 N–H and O–H groups in total. The van der Waals surface area contributed by atoms with Gasteiger partial charge in [-0.2, -0.15) is 11.8 Å².